The molecular weight excluding hydrogens is 326 g/mol. The molecule has 1 aliphatic heterocycles. The minimum absolute atomic E-state index is 0.0413. The number of carbonyl (C=O) groups excluding carboxylic acids is 2. The minimum Gasteiger partial charge on any atom is -0.360 e. The van der Waals surface area contributed by atoms with Crippen molar-refractivity contribution in [2.75, 3.05) is 18.4 Å². The van der Waals surface area contributed by atoms with Crippen LogP contribution in [0.25, 0.3) is 10.9 Å². The number of H-pyrrole nitrogens is 1. The average Bonchev–Trinajstić information content (AvgIpc) is 3.29. The maximum atomic E-state index is 12.8. The Balaban J connectivity index is 1.46. The highest BCUT2D eigenvalue weighted by Crippen LogP contribution is 2.22. The second-order valence-electron chi connectivity index (χ2n) is 6.65. The summed E-state index contributed by atoms with van der Waals surface area (Å²) in [5, 5.41) is 3.89. The summed E-state index contributed by atoms with van der Waals surface area (Å²) in [6.45, 7) is 1.02. The summed E-state index contributed by atoms with van der Waals surface area (Å²) in [6.07, 6.45) is 3.47. The van der Waals surface area contributed by atoms with Crippen LogP contribution in [0.3, 0.4) is 0 Å². The number of Topliss-reactive ketones (excluding diaryl/α,β-unsaturated/α-hetero) is 1. The predicted octanol–water partition coefficient (Wildman–Crippen LogP) is 3.45. The van der Waals surface area contributed by atoms with Gasteiger partial charge in [-0.2, -0.15) is 0 Å². The summed E-state index contributed by atoms with van der Waals surface area (Å²) in [6, 6.07) is 17.0. The number of aromatic amines is 1. The molecule has 4 rings (SSSR count). The zero-order valence-corrected chi connectivity index (χ0v) is 14.4. The number of nitrogens with one attached hydrogen (secondary N) is 2. The number of fused-ring (bicyclic) bond motifs is 1. The van der Waals surface area contributed by atoms with Crippen LogP contribution in [0.15, 0.2) is 60.8 Å². The van der Waals surface area contributed by atoms with Crippen molar-refractivity contribution in [3.8, 4) is 0 Å². The van der Waals surface area contributed by atoms with Crippen LogP contribution >= 0.6 is 0 Å². The van der Waals surface area contributed by atoms with Crippen LogP contribution in [0.4, 0.5) is 5.69 Å². The Bertz CT molecular complexity index is 933. The third-order valence-electron chi connectivity index (χ3n) is 4.94. The van der Waals surface area contributed by atoms with Gasteiger partial charge in [-0.25, -0.2) is 0 Å². The second kappa shape index (κ2) is 7.14. The molecule has 0 radical (unpaired) electrons. The van der Waals surface area contributed by atoms with E-state index in [1.807, 2.05) is 59.5 Å². The van der Waals surface area contributed by atoms with Gasteiger partial charge in [0.1, 0.15) is 0 Å². The van der Waals surface area contributed by atoms with Gasteiger partial charge in [0, 0.05) is 28.4 Å². The van der Waals surface area contributed by atoms with E-state index < -0.39 is 0 Å². The number of para-hydroxylation sites is 2. The Morgan fingerprint density at radius 2 is 1.85 bits per heavy atom. The first-order chi connectivity index (χ1) is 12.7. The maximum Gasteiger partial charge on any atom is 0.241 e. The predicted molar refractivity (Wildman–Crippen MR) is 102 cm³/mol. The highest BCUT2D eigenvalue weighted by atomic mass is 16.2. The lowest BCUT2D eigenvalue weighted by Crippen LogP contribution is -2.42. The summed E-state index contributed by atoms with van der Waals surface area (Å²) < 4.78 is 0. The molecule has 5 heteroatoms. The highest BCUT2D eigenvalue weighted by molar-refractivity contribution is 6.09. The summed E-state index contributed by atoms with van der Waals surface area (Å²) in [7, 11) is 0. The number of aromatic nitrogens is 1. The number of likely N-dealkylation sites (tertiary alicyclic amines) is 1. The lowest BCUT2D eigenvalue weighted by atomic mass is 10.1. The van der Waals surface area contributed by atoms with E-state index in [0.717, 1.165) is 36.0 Å². The fourth-order valence-corrected chi connectivity index (χ4v) is 3.63. The monoisotopic (exact) mass is 347 g/mol. The van der Waals surface area contributed by atoms with Crippen molar-refractivity contribution >= 4 is 28.3 Å². The first-order valence-electron chi connectivity index (χ1n) is 8.91. The fourth-order valence-electron chi connectivity index (χ4n) is 3.63. The van der Waals surface area contributed by atoms with E-state index in [0.29, 0.717) is 5.56 Å². The SMILES string of the molecule is O=C(CN1CCC[C@H]1C(=O)Nc1ccccc1)c1c[nH]c2ccccc12. The molecule has 0 spiro atoms. The molecule has 0 unspecified atom stereocenters. The van der Waals surface area contributed by atoms with Gasteiger partial charge in [0.15, 0.2) is 5.78 Å². The van der Waals surface area contributed by atoms with Crippen LogP contribution < -0.4 is 5.32 Å². The number of amides is 1. The Kier molecular flexibility index (Phi) is 4.54. The molecular formula is C21H21N3O2. The first kappa shape index (κ1) is 16.5. The van der Waals surface area contributed by atoms with E-state index in [1.54, 1.807) is 6.20 Å². The zero-order valence-electron chi connectivity index (χ0n) is 14.4. The van der Waals surface area contributed by atoms with Gasteiger partial charge in [-0.3, -0.25) is 14.5 Å². The van der Waals surface area contributed by atoms with Crippen molar-refractivity contribution in [3.63, 3.8) is 0 Å². The Hall–Kier alpha value is -2.92. The number of benzene rings is 2. The van der Waals surface area contributed by atoms with E-state index >= 15 is 0 Å². The van der Waals surface area contributed by atoms with Gasteiger partial charge in [-0.15, -0.1) is 0 Å². The third-order valence-corrected chi connectivity index (χ3v) is 4.94. The number of nitrogens with zero attached hydrogens (tertiary/aromatic N) is 1. The molecule has 0 saturated carbocycles. The molecule has 132 valence electrons. The molecule has 2 aromatic carbocycles. The van der Waals surface area contributed by atoms with Gasteiger partial charge in [-0.1, -0.05) is 36.4 Å². The van der Waals surface area contributed by atoms with Gasteiger partial charge < -0.3 is 10.3 Å². The van der Waals surface area contributed by atoms with Crippen LogP contribution in [0.1, 0.15) is 23.2 Å². The van der Waals surface area contributed by atoms with Crippen molar-refractivity contribution in [2.45, 2.75) is 18.9 Å². The largest absolute Gasteiger partial charge is 0.360 e. The molecule has 3 aromatic rings. The number of carbonyl (C=O) groups is 2. The topological polar surface area (TPSA) is 65.2 Å². The Labute approximate surface area is 152 Å². The van der Waals surface area contributed by atoms with Crippen molar-refractivity contribution in [3.05, 3.63) is 66.4 Å². The number of anilines is 1. The van der Waals surface area contributed by atoms with Crippen LogP contribution in [0.2, 0.25) is 0 Å². The van der Waals surface area contributed by atoms with Crippen molar-refractivity contribution < 1.29 is 9.59 Å². The van der Waals surface area contributed by atoms with E-state index in [9.17, 15) is 9.59 Å². The van der Waals surface area contributed by atoms with E-state index in [4.69, 9.17) is 0 Å². The van der Waals surface area contributed by atoms with Crippen LogP contribution in [-0.4, -0.2) is 40.7 Å². The van der Waals surface area contributed by atoms with Crippen LogP contribution in [0, 0.1) is 0 Å². The Morgan fingerprint density at radius 1 is 1.08 bits per heavy atom. The minimum atomic E-state index is -0.260. The molecule has 1 saturated heterocycles. The molecule has 5 nitrogen and oxygen atoms in total. The first-order valence-corrected chi connectivity index (χ1v) is 8.91. The van der Waals surface area contributed by atoms with E-state index in [2.05, 4.69) is 10.3 Å². The average molecular weight is 347 g/mol. The van der Waals surface area contributed by atoms with Crippen molar-refractivity contribution in [2.24, 2.45) is 0 Å². The standard InChI is InChI=1S/C21H21N3O2/c25-20(17-13-22-18-10-5-4-9-16(17)18)14-24-12-6-11-19(24)21(26)23-15-7-2-1-3-8-15/h1-5,7-10,13,19,22H,6,11-12,14H2,(H,23,26)/t19-/m0/s1. The van der Waals surface area contributed by atoms with Gasteiger partial charge in [0.2, 0.25) is 5.91 Å². The van der Waals surface area contributed by atoms with Crippen molar-refractivity contribution in [1.29, 1.82) is 0 Å². The molecule has 1 atom stereocenters. The number of ketones is 1. The summed E-state index contributed by atoms with van der Waals surface area (Å²) in [5.74, 6) is 0.00212. The summed E-state index contributed by atoms with van der Waals surface area (Å²) >= 11 is 0. The Morgan fingerprint density at radius 3 is 2.69 bits per heavy atom. The molecule has 2 N–H and O–H groups in total. The van der Waals surface area contributed by atoms with Gasteiger partial charge >= 0.3 is 0 Å². The van der Waals surface area contributed by atoms with Gasteiger partial charge in [0.05, 0.1) is 12.6 Å². The normalized spacial score (nSPS) is 17.5. The number of hydrogen-bond acceptors (Lipinski definition) is 3. The third kappa shape index (κ3) is 3.26. The molecule has 0 bridgehead atoms. The van der Waals surface area contributed by atoms with Crippen LogP contribution in [-0.2, 0) is 4.79 Å². The molecule has 0 aliphatic carbocycles. The number of rotatable bonds is 5. The molecule has 1 amide bonds. The lowest BCUT2D eigenvalue weighted by molar-refractivity contribution is -0.120. The molecule has 26 heavy (non-hydrogen) atoms. The molecule has 1 fully saturated rings. The maximum absolute atomic E-state index is 12.8. The van der Waals surface area contributed by atoms with Crippen molar-refractivity contribution in [1.82, 2.24) is 9.88 Å². The second-order valence-corrected chi connectivity index (χ2v) is 6.65. The van der Waals surface area contributed by atoms with E-state index in [-0.39, 0.29) is 24.3 Å². The highest BCUT2D eigenvalue weighted by Gasteiger charge is 2.32. The zero-order chi connectivity index (χ0) is 17.9. The lowest BCUT2D eigenvalue weighted by Gasteiger charge is -2.22. The smallest absolute Gasteiger partial charge is 0.241 e. The number of hydrogen-bond donors (Lipinski definition) is 2. The van der Waals surface area contributed by atoms with E-state index in [1.165, 1.54) is 0 Å². The van der Waals surface area contributed by atoms with Gasteiger partial charge in [0.25, 0.3) is 0 Å². The fraction of sp³-hybridized carbons (Fsp3) is 0.238. The molecule has 1 aromatic heterocycles. The molecule has 2 heterocycles. The quantitative estimate of drug-likeness (QED) is 0.695. The summed E-state index contributed by atoms with van der Waals surface area (Å²) in [4.78, 5) is 30.6. The van der Waals surface area contributed by atoms with Gasteiger partial charge in [-0.05, 0) is 37.6 Å². The molecule has 1 aliphatic rings. The van der Waals surface area contributed by atoms with Crippen LogP contribution in [0.5, 0.6) is 0 Å². The summed E-state index contributed by atoms with van der Waals surface area (Å²) in [5.41, 5.74) is 2.43.